The molecule has 0 aromatic rings. The van der Waals surface area contributed by atoms with E-state index in [1.807, 2.05) is 0 Å². The molecule has 1 aliphatic rings. The van der Waals surface area contributed by atoms with Gasteiger partial charge >= 0.3 is 0 Å². The molecule has 1 aliphatic heterocycles. The first kappa shape index (κ1) is 19.0. The molecular weight excluding hydrogens is 254 g/mol. The topological polar surface area (TPSA) is 0 Å². The zero-order chi connectivity index (χ0) is 15.2. The average molecular weight is 297 g/mol. The van der Waals surface area contributed by atoms with Crippen LogP contribution >= 0.6 is 0 Å². The number of hydrogen-bond acceptors (Lipinski definition) is 0. The van der Waals surface area contributed by atoms with Gasteiger partial charge in [-0.1, -0.05) is 65.2 Å². The van der Waals surface area contributed by atoms with E-state index in [2.05, 4.69) is 13.8 Å². The number of hydrogen-bond donors (Lipinski definition) is 0. The second-order valence-electron chi connectivity index (χ2n) is 7.48. The third-order valence-electron chi connectivity index (χ3n) is 5.49. The van der Waals surface area contributed by atoms with Crippen LogP contribution in [0.15, 0.2) is 0 Å². The van der Waals surface area contributed by atoms with Crippen LogP contribution in [0.25, 0.3) is 0 Å². The summed E-state index contributed by atoms with van der Waals surface area (Å²) in [5.41, 5.74) is 0. The minimum atomic E-state index is 1.37. The smallest absolute Gasteiger partial charge is 0.0788 e. The van der Waals surface area contributed by atoms with Gasteiger partial charge in [-0.3, -0.25) is 0 Å². The first-order valence-electron chi connectivity index (χ1n) is 10.2. The zero-order valence-electron chi connectivity index (χ0n) is 15.2. The van der Waals surface area contributed by atoms with E-state index in [1.165, 1.54) is 121 Å². The Kier molecular flexibility index (Phi) is 11.3. The lowest BCUT2D eigenvalue weighted by molar-refractivity contribution is -0.917. The second kappa shape index (κ2) is 12.5. The van der Waals surface area contributed by atoms with Crippen molar-refractivity contribution >= 4 is 0 Å². The highest BCUT2D eigenvalue weighted by atomic mass is 15.4. The van der Waals surface area contributed by atoms with Crippen LogP contribution in [0, 0.1) is 0 Å². The highest BCUT2D eigenvalue weighted by Crippen LogP contribution is 2.23. The predicted octanol–water partition coefficient (Wildman–Crippen LogP) is 6.32. The Morgan fingerprint density at radius 1 is 0.524 bits per heavy atom. The lowest BCUT2D eigenvalue weighted by atomic mass is 10.1. The van der Waals surface area contributed by atoms with Crippen LogP contribution in [-0.4, -0.2) is 30.7 Å². The van der Waals surface area contributed by atoms with Gasteiger partial charge in [0.25, 0.3) is 0 Å². The van der Waals surface area contributed by atoms with E-state index in [4.69, 9.17) is 0 Å². The maximum absolute atomic E-state index is 2.31. The normalized spacial score (nSPS) is 17.4. The van der Waals surface area contributed by atoms with Gasteiger partial charge in [-0.15, -0.1) is 0 Å². The molecule has 0 N–H and O–H groups in total. The zero-order valence-corrected chi connectivity index (χ0v) is 15.2. The fraction of sp³-hybridized carbons (Fsp3) is 1.00. The Morgan fingerprint density at radius 2 is 0.905 bits per heavy atom. The number of quaternary nitrogens is 1. The summed E-state index contributed by atoms with van der Waals surface area (Å²) in [7, 11) is 0. The molecule has 1 fully saturated rings. The van der Waals surface area contributed by atoms with Crippen molar-refractivity contribution < 1.29 is 4.48 Å². The molecule has 0 amide bonds. The van der Waals surface area contributed by atoms with E-state index in [9.17, 15) is 0 Å². The fourth-order valence-corrected chi connectivity index (χ4v) is 4.02. The van der Waals surface area contributed by atoms with Crippen molar-refractivity contribution in [3.05, 3.63) is 0 Å². The molecule has 0 aromatic carbocycles. The van der Waals surface area contributed by atoms with E-state index >= 15 is 0 Å². The lowest BCUT2D eigenvalue weighted by Crippen LogP contribution is -2.46. The van der Waals surface area contributed by atoms with Crippen LogP contribution < -0.4 is 0 Å². The van der Waals surface area contributed by atoms with Crippen LogP contribution in [0.4, 0.5) is 0 Å². The van der Waals surface area contributed by atoms with Gasteiger partial charge in [0.2, 0.25) is 0 Å². The highest BCUT2D eigenvalue weighted by Gasteiger charge is 2.30. The van der Waals surface area contributed by atoms with Crippen LogP contribution in [0.2, 0.25) is 0 Å². The minimum Gasteiger partial charge on any atom is -0.324 e. The Morgan fingerprint density at radius 3 is 1.33 bits per heavy atom. The molecular formula is C20H42N+. The van der Waals surface area contributed by atoms with Crippen molar-refractivity contribution in [2.45, 2.75) is 104 Å². The summed E-state index contributed by atoms with van der Waals surface area (Å²) >= 11 is 0. The molecule has 1 heterocycles. The average Bonchev–Trinajstić information content (AvgIpc) is 2.95. The molecule has 0 aromatic heterocycles. The molecule has 0 spiro atoms. The molecule has 0 atom stereocenters. The first-order chi connectivity index (χ1) is 10.3. The van der Waals surface area contributed by atoms with E-state index < -0.39 is 0 Å². The van der Waals surface area contributed by atoms with Gasteiger partial charge in [-0.05, 0) is 25.7 Å². The van der Waals surface area contributed by atoms with Crippen molar-refractivity contribution in [2.75, 3.05) is 26.2 Å². The lowest BCUT2D eigenvalue weighted by Gasteiger charge is -2.34. The third kappa shape index (κ3) is 8.86. The molecule has 1 saturated heterocycles. The van der Waals surface area contributed by atoms with Crippen molar-refractivity contribution in [3.8, 4) is 0 Å². The summed E-state index contributed by atoms with van der Waals surface area (Å²) in [5.74, 6) is 0. The summed E-state index contributed by atoms with van der Waals surface area (Å²) in [5, 5.41) is 0. The van der Waals surface area contributed by atoms with Gasteiger partial charge in [0, 0.05) is 12.8 Å². The molecule has 1 rings (SSSR count). The molecule has 21 heavy (non-hydrogen) atoms. The van der Waals surface area contributed by atoms with Crippen molar-refractivity contribution in [3.63, 3.8) is 0 Å². The van der Waals surface area contributed by atoms with Gasteiger partial charge in [-0.2, -0.15) is 0 Å². The number of likely N-dealkylation sites (tertiary alicyclic amines) is 1. The van der Waals surface area contributed by atoms with Gasteiger partial charge in [0.15, 0.2) is 0 Å². The minimum absolute atomic E-state index is 1.37. The molecule has 0 saturated carbocycles. The molecule has 0 radical (unpaired) electrons. The Balaban J connectivity index is 2.08. The summed E-state index contributed by atoms with van der Waals surface area (Å²) in [6, 6.07) is 0. The summed E-state index contributed by atoms with van der Waals surface area (Å²) < 4.78 is 1.49. The summed E-state index contributed by atoms with van der Waals surface area (Å²) in [6.45, 7) is 10.6. The van der Waals surface area contributed by atoms with Crippen molar-refractivity contribution in [1.29, 1.82) is 0 Å². The molecule has 1 nitrogen and oxygen atoms in total. The van der Waals surface area contributed by atoms with Crippen molar-refractivity contribution in [2.24, 2.45) is 0 Å². The van der Waals surface area contributed by atoms with Gasteiger partial charge < -0.3 is 4.48 Å². The molecule has 0 bridgehead atoms. The molecule has 126 valence electrons. The number of nitrogens with zero attached hydrogens (tertiary/aromatic N) is 1. The second-order valence-corrected chi connectivity index (χ2v) is 7.48. The monoisotopic (exact) mass is 296 g/mol. The summed E-state index contributed by atoms with van der Waals surface area (Å²) in [4.78, 5) is 0. The Labute approximate surface area is 135 Å². The Hall–Kier alpha value is -0.0400. The van der Waals surface area contributed by atoms with E-state index in [0.29, 0.717) is 0 Å². The van der Waals surface area contributed by atoms with Crippen LogP contribution in [-0.2, 0) is 0 Å². The SMILES string of the molecule is CCCCCCCCC[N+]1(CCCCCCC)CCCC1. The Bertz CT molecular complexity index is 218. The molecule has 0 unspecified atom stereocenters. The van der Waals surface area contributed by atoms with Crippen LogP contribution in [0.3, 0.4) is 0 Å². The van der Waals surface area contributed by atoms with Gasteiger partial charge in [0.05, 0.1) is 26.2 Å². The quantitative estimate of drug-likeness (QED) is 0.260. The number of unbranched alkanes of at least 4 members (excludes halogenated alkanes) is 10. The fourth-order valence-electron chi connectivity index (χ4n) is 4.02. The molecule has 0 aliphatic carbocycles. The van der Waals surface area contributed by atoms with Gasteiger partial charge in [0.1, 0.15) is 0 Å². The summed E-state index contributed by atoms with van der Waals surface area (Å²) in [6.07, 6.45) is 20.4. The van der Waals surface area contributed by atoms with Crippen molar-refractivity contribution in [1.82, 2.24) is 0 Å². The standard InChI is InChI=1S/C20H42N/c1-3-5-7-9-10-12-14-18-21(19-15-16-20-21)17-13-11-8-6-4-2/h3-20H2,1-2H3/q+1. The van der Waals surface area contributed by atoms with E-state index in [1.54, 1.807) is 0 Å². The third-order valence-corrected chi connectivity index (χ3v) is 5.49. The van der Waals surface area contributed by atoms with Crippen LogP contribution in [0.5, 0.6) is 0 Å². The van der Waals surface area contributed by atoms with Crippen LogP contribution in [0.1, 0.15) is 104 Å². The highest BCUT2D eigenvalue weighted by molar-refractivity contribution is 4.57. The maximum atomic E-state index is 2.31. The number of rotatable bonds is 14. The largest absolute Gasteiger partial charge is 0.324 e. The maximum Gasteiger partial charge on any atom is 0.0788 e. The first-order valence-corrected chi connectivity index (χ1v) is 10.2. The van der Waals surface area contributed by atoms with E-state index in [0.717, 1.165) is 0 Å². The van der Waals surface area contributed by atoms with Gasteiger partial charge in [-0.25, -0.2) is 0 Å². The van der Waals surface area contributed by atoms with E-state index in [-0.39, 0.29) is 0 Å². The molecule has 1 heteroatoms. The predicted molar refractivity (Wildman–Crippen MR) is 95.7 cm³/mol.